The van der Waals surface area contributed by atoms with Crippen molar-refractivity contribution in [1.82, 2.24) is 14.9 Å². The van der Waals surface area contributed by atoms with Gasteiger partial charge < -0.3 is 14.5 Å². The Morgan fingerprint density at radius 2 is 2.15 bits per heavy atom. The molecule has 0 spiro atoms. The zero-order chi connectivity index (χ0) is 18.5. The van der Waals surface area contributed by atoms with E-state index in [9.17, 15) is 4.79 Å². The molecule has 1 atom stereocenters. The number of H-pyrrole nitrogens is 1. The lowest BCUT2D eigenvalue weighted by Crippen LogP contribution is -2.35. The number of rotatable bonds is 6. The predicted octanol–water partition coefficient (Wildman–Crippen LogP) is 2.87. The summed E-state index contributed by atoms with van der Waals surface area (Å²) >= 11 is 0. The average Bonchev–Trinajstić information content (AvgIpc) is 2.62. The Morgan fingerprint density at radius 1 is 1.31 bits per heavy atom. The lowest BCUT2D eigenvalue weighted by Gasteiger charge is -2.32. The van der Waals surface area contributed by atoms with Crippen molar-refractivity contribution >= 4 is 0 Å². The smallest absolute Gasteiger partial charge is 0.251 e. The summed E-state index contributed by atoms with van der Waals surface area (Å²) in [6, 6.07) is 7.63. The number of piperidine rings is 1. The van der Waals surface area contributed by atoms with Crippen LogP contribution in [-0.2, 0) is 6.54 Å². The van der Waals surface area contributed by atoms with Gasteiger partial charge in [0.1, 0.15) is 5.82 Å². The second-order valence-electron chi connectivity index (χ2n) is 6.76. The van der Waals surface area contributed by atoms with Crippen LogP contribution in [0, 0.1) is 6.92 Å². The van der Waals surface area contributed by atoms with E-state index in [2.05, 4.69) is 27.0 Å². The monoisotopic (exact) mass is 357 g/mol. The van der Waals surface area contributed by atoms with Crippen LogP contribution in [0.25, 0.3) is 0 Å². The number of benzene rings is 1. The van der Waals surface area contributed by atoms with E-state index in [1.54, 1.807) is 7.11 Å². The largest absolute Gasteiger partial charge is 0.493 e. The first-order valence-corrected chi connectivity index (χ1v) is 9.19. The van der Waals surface area contributed by atoms with Crippen LogP contribution in [-0.4, -0.2) is 41.7 Å². The Kier molecular flexibility index (Phi) is 5.93. The van der Waals surface area contributed by atoms with Crippen molar-refractivity contribution in [2.45, 2.75) is 39.2 Å². The van der Waals surface area contributed by atoms with Crippen LogP contribution in [0.1, 0.15) is 42.8 Å². The van der Waals surface area contributed by atoms with Crippen molar-refractivity contribution in [3.63, 3.8) is 0 Å². The Balaban J connectivity index is 1.72. The maximum Gasteiger partial charge on any atom is 0.251 e. The van der Waals surface area contributed by atoms with Gasteiger partial charge in [-0.25, -0.2) is 4.98 Å². The summed E-state index contributed by atoms with van der Waals surface area (Å²) in [4.78, 5) is 21.6. The summed E-state index contributed by atoms with van der Waals surface area (Å²) < 4.78 is 11.0. The van der Waals surface area contributed by atoms with Gasteiger partial charge in [0.05, 0.1) is 13.7 Å². The van der Waals surface area contributed by atoms with E-state index in [0.29, 0.717) is 6.61 Å². The van der Waals surface area contributed by atoms with Gasteiger partial charge in [0.2, 0.25) is 0 Å². The van der Waals surface area contributed by atoms with Crippen LogP contribution in [0.15, 0.2) is 29.1 Å². The maximum atomic E-state index is 11.8. The number of methoxy groups -OCH3 is 1. The number of hydrogen-bond acceptors (Lipinski definition) is 5. The first-order valence-electron chi connectivity index (χ1n) is 9.19. The van der Waals surface area contributed by atoms with E-state index >= 15 is 0 Å². The van der Waals surface area contributed by atoms with Crippen LogP contribution in [0.3, 0.4) is 0 Å². The molecular formula is C20H27N3O3. The molecule has 6 heteroatoms. The lowest BCUT2D eigenvalue weighted by atomic mass is 9.96. The highest BCUT2D eigenvalue weighted by atomic mass is 16.5. The van der Waals surface area contributed by atoms with E-state index < -0.39 is 0 Å². The van der Waals surface area contributed by atoms with Crippen molar-refractivity contribution in [2.75, 3.05) is 26.8 Å². The highest BCUT2D eigenvalue weighted by Gasteiger charge is 2.23. The molecule has 0 bridgehead atoms. The maximum absolute atomic E-state index is 11.8. The number of nitrogens with zero attached hydrogens (tertiary/aromatic N) is 2. The molecule has 2 heterocycles. The lowest BCUT2D eigenvalue weighted by molar-refractivity contribution is 0.196. The van der Waals surface area contributed by atoms with E-state index in [0.717, 1.165) is 55.5 Å². The fourth-order valence-electron chi connectivity index (χ4n) is 3.56. The molecule has 0 aliphatic carbocycles. The SMILES string of the molecule is CCOc1cc(CN2CCCC(c3nc(C)cc(=O)[nH]3)C2)ccc1OC. The molecule has 1 aliphatic rings. The summed E-state index contributed by atoms with van der Waals surface area (Å²) in [5.41, 5.74) is 1.90. The van der Waals surface area contributed by atoms with Gasteiger partial charge in [-0.2, -0.15) is 0 Å². The number of hydrogen-bond donors (Lipinski definition) is 1. The minimum Gasteiger partial charge on any atom is -0.493 e. The topological polar surface area (TPSA) is 67.5 Å². The van der Waals surface area contributed by atoms with E-state index in [4.69, 9.17) is 9.47 Å². The Labute approximate surface area is 154 Å². The standard InChI is InChI=1S/C20H27N3O3/c1-4-26-18-11-15(7-8-17(18)25-3)12-23-9-5-6-16(13-23)20-21-14(2)10-19(24)22-20/h7-8,10-11,16H,4-6,9,12-13H2,1-3H3,(H,21,22,24). The molecule has 1 saturated heterocycles. The molecule has 6 nitrogen and oxygen atoms in total. The number of aromatic amines is 1. The van der Waals surface area contributed by atoms with Crippen molar-refractivity contribution < 1.29 is 9.47 Å². The number of aryl methyl sites for hydroxylation is 1. The molecule has 1 unspecified atom stereocenters. The molecule has 140 valence electrons. The van der Waals surface area contributed by atoms with Crippen LogP contribution < -0.4 is 15.0 Å². The molecule has 2 aromatic rings. The van der Waals surface area contributed by atoms with Crippen molar-refractivity contribution in [2.24, 2.45) is 0 Å². The summed E-state index contributed by atoms with van der Waals surface area (Å²) in [6.45, 7) is 7.22. The number of aromatic nitrogens is 2. The van der Waals surface area contributed by atoms with Crippen molar-refractivity contribution in [3.05, 3.63) is 51.7 Å². The second-order valence-corrected chi connectivity index (χ2v) is 6.76. The van der Waals surface area contributed by atoms with Gasteiger partial charge in [0.15, 0.2) is 11.5 Å². The van der Waals surface area contributed by atoms with Gasteiger partial charge in [0.25, 0.3) is 5.56 Å². The van der Waals surface area contributed by atoms with Crippen LogP contribution >= 0.6 is 0 Å². The molecule has 1 fully saturated rings. The fraction of sp³-hybridized carbons (Fsp3) is 0.500. The van der Waals surface area contributed by atoms with Crippen LogP contribution in [0.5, 0.6) is 11.5 Å². The van der Waals surface area contributed by atoms with E-state index in [-0.39, 0.29) is 11.5 Å². The first kappa shape index (κ1) is 18.5. The predicted molar refractivity (Wildman–Crippen MR) is 101 cm³/mol. The summed E-state index contributed by atoms with van der Waals surface area (Å²) in [6.07, 6.45) is 2.15. The van der Waals surface area contributed by atoms with Crippen molar-refractivity contribution in [1.29, 1.82) is 0 Å². The summed E-state index contributed by atoms with van der Waals surface area (Å²) in [5, 5.41) is 0. The third-order valence-corrected chi connectivity index (χ3v) is 4.71. The van der Waals surface area contributed by atoms with Gasteiger partial charge in [-0.1, -0.05) is 6.07 Å². The average molecular weight is 357 g/mol. The molecule has 0 radical (unpaired) electrons. The van der Waals surface area contributed by atoms with Gasteiger partial charge in [-0.05, 0) is 50.9 Å². The molecule has 1 aromatic heterocycles. The third-order valence-electron chi connectivity index (χ3n) is 4.71. The molecule has 0 saturated carbocycles. The zero-order valence-corrected chi connectivity index (χ0v) is 15.7. The molecular weight excluding hydrogens is 330 g/mol. The Hall–Kier alpha value is -2.34. The molecule has 1 N–H and O–H groups in total. The summed E-state index contributed by atoms with van der Waals surface area (Å²) in [7, 11) is 1.66. The second kappa shape index (κ2) is 8.36. The highest BCUT2D eigenvalue weighted by molar-refractivity contribution is 5.43. The molecule has 1 aromatic carbocycles. The van der Waals surface area contributed by atoms with Gasteiger partial charge in [0, 0.05) is 30.8 Å². The van der Waals surface area contributed by atoms with E-state index in [1.807, 2.05) is 19.9 Å². The highest BCUT2D eigenvalue weighted by Crippen LogP contribution is 2.30. The minimum absolute atomic E-state index is 0.0684. The van der Waals surface area contributed by atoms with Crippen molar-refractivity contribution in [3.8, 4) is 11.5 Å². The molecule has 1 aliphatic heterocycles. The molecule has 26 heavy (non-hydrogen) atoms. The third kappa shape index (κ3) is 4.43. The quantitative estimate of drug-likeness (QED) is 0.861. The first-order chi connectivity index (χ1) is 12.6. The molecule has 0 amide bonds. The Bertz CT molecular complexity index is 803. The van der Waals surface area contributed by atoms with Gasteiger partial charge in [-0.15, -0.1) is 0 Å². The fourth-order valence-corrected chi connectivity index (χ4v) is 3.56. The van der Waals surface area contributed by atoms with Gasteiger partial charge >= 0.3 is 0 Å². The van der Waals surface area contributed by atoms with Crippen LogP contribution in [0.2, 0.25) is 0 Å². The number of ether oxygens (including phenoxy) is 2. The molecule has 3 rings (SSSR count). The minimum atomic E-state index is -0.0684. The normalized spacial score (nSPS) is 17.9. The number of nitrogens with one attached hydrogen (secondary N) is 1. The Morgan fingerprint density at radius 3 is 2.88 bits per heavy atom. The van der Waals surface area contributed by atoms with E-state index in [1.165, 1.54) is 11.6 Å². The zero-order valence-electron chi connectivity index (χ0n) is 15.7. The number of likely N-dealkylation sites (tertiary alicyclic amines) is 1. The summed E-state index contributed by atoms with van der Waals surface area (Å²) in [5.74, 6) is 2.62. The van der Waals surface area contributed by atoms with Gasteiger partial charge in [-0.3, -0.25) is 9.69 Å². The van der Waals surface area contributed by atoms with Crippen LogP contribution in [0.4, 0.5) is 0 Å².